The first-order valence-corrected chi connectivity index (χ1v) is 7.78. The average molecular weight is 326 g/mol. The van der Waals surface area contributed by atoms with Crippen LogP contribution in [0, 0.1) is 6.92 Å². The van der Waals surface area contributed by atoms with Gasteiger partial charge < -0.3 is 15.4 Å². The normalized spacial score (nSPS) is 10.4. The molecule has 2 amide bonds. The lowest BCUT2D eigenvalue weighted by Crippen LogP contribution is -2.31. The number of hydrogen-bond donors (Lipinski definition) is 2. The van der Waals surface area contributed by atoms with E-state index < -0.39 is 0 Å². The first-order valence-electron chi connectivity index (χ1n) is 7.78. The van der Waals surface area contributed by atoms with Gasteiger partial charge in [0.1, 0.15) is 5.75 Å². The lowest BCUT2D eigenvalue weighted by Gasteiger charge is -2.13. The number of benzene rings is 2. The van der Waals surface area contributed by atoms with Crippen molar-refractivity contribution in [2.75, 3.05) is 12.4 Å². The van der Waals surface area contributed by atoms with E-state index in [1.165, 1.54) is 0 Å². The standard InChI is InChI=1S/C19H22N2O3/c1-12(2)20-19(23)15-7-5-6-8-16(15)21-18(22)14-10-9-13(3)17(11-14)24-4/h5-12H,1-4H3,(H,20,23)(H,21,22). The molecule has 5 heteroatoms. The van der Waals surface area contributed by atoms with Gasteiger partial charge in [0.15, 0.2) is 0 Å². The van der Waals surface area contributed by atoms with Crippen LogP contribution in [-0.2, 0) is 0 Å². The summed E-state index contributed by atoms with van der Waals surface area (Å²) in [7, 11) is 1.57. The number of aryl methyl sites for hydroxylation is 1. The third kappa shape index (κ3) is 4.13. The number of anilines is 1. The minimum absolute atomic E-state index is 0.0163. The Kier molecular flexibility index (Phi) is 5.58. The molecular formula is C19H22N2O3. The molecular weight excluding hydrogens is 304 g/mol. The van der Waals surface area contributed by atoms with Gasteiger partial charge in [-0.2, -0.15) is 0 Å². The minimum Gasteiger partial charge on any atom is -0.496 e. The third-order valence-corrected chi connectivity index (χ3v) is 3.51. The molecule has 0 aliphatic carbocycles. The van der Waals surface area contributed by atoms with E-state index in [1.54, 1.807) is 43.5 Å². The van der Waals surface area contributed by atoms with Crippen LogP contribution in [0.1, 0.15) is 40.1 Å². The molecule has 0 saturated heterocycles. The van der Waals surface area contributed by atoms with E-state index in [0.29, 0.717) is 22.6 Å². The second-order valence-corrected chi connectivity index (χ2v) is 5.81. The Morgan fingerprint density at radius 3 is 2.42 bits per heavy atom. The smallest absolute Gasteiger partial charge is 0.255 e. The van der Waals surface area contributed by atoms with Gasteiger partial charge in [-0.3, -0.25) is 9.59 Å². The lowest BCUT2D eigenvalue weighted by atomic mass is 10.1. The van der Waals surface area contributed by atoms with Gasteiger partial charge in [0.05, 0.1) is 18.4 Å². The fraction of sp³-hybridized carbons (Fsp3) is 0.263. The van der Waals surface area contributed by atoms with E-state index in [0.717, 1.165) is 5.56 Å². The van der Waals surface area contributed by atoms with Gasteiger partial charge in [0.25, 0.3) is 11.8 Å². The van der Waals surface area contributed by atoms with Crippen molar-refractivity contribution in [3.8, 4) is 5.75 Å². The van der Waals surface area contributed by atoms with Crippen molar-refractivity contribution in [3.63, 3.8) is 0 Å². The molecule has 0 aliphatic rings. The maximum atomic E-state index is 12.5. The summed E-state index contributed by atoms with van der Waals surface area (Å²) in [6.07, 6.45) is 0. The van der Waals surface area contributed by atoms with Gasteiger partial charge in [-0.25, -0.2) is 0 Å². The second-order valence-electron chi connectivity index (χ2n) is 5.81. The SMILES string of the molecule is COc1cc(C(=O)Nc2ccccc2C(=O)NC(C)C)ccc1C. The molecule has 0 unspecified atom stereocenters. The number of para-hydroxylation sites is 1. The van der Waals surface area contributed by atoms with E-state index in [2.05, 4.69) is 10.6 Å². The summed E-state index contributed by atoms with van der Waals surface area (Å²) in [5, 5.41) is 5.62. The van der Waals surface area contributed by atoms with E-state index >= 15 is 0 Å². The molecule has 0 fully saturated rings. The van der Waals surface area contributed by atoms with Crippen LogP contribution >= 0.6 is 0 Å². The number of hydrogen-bond acceptors (Lipinski definition) is 3. The number of ether oxygens (including phenoxy) is 1. The Balaban J connectivity index is 2.25. The van der Waals surface area contributed by atoms with Crippen molar-refractivity contribution in [3.05, 3.63) is 59.2 Å². The number of rotatable bonds is 5. The molecule has 2 aromatic carbocycles. The molecule has 0 aliphatic heterocycles. The van der Waals surface area contributed by atoms with Crippen LogP contribution in [0.4, 0.5) is 5.69 Å². The highest BCUT2D eigenvalue weighted by atomic mass is 16.5. The van der Waals surface area contributed by atoms with E-state index in [1.807, 2.05) is 26.8 Å². The first kappa shape index (κ1) is 17.5. The van der Waals surface area contributed by atoms with Crippen LogP contribution in [0.3, 0.4) is 0 Å². The van der Waals surface area contributed by atoms with Crippen LogP contribution in [0.5, 0.6) is 5.75 Å². The predicted molar refractivity (Wildman–Crippen MR) is 94.7 cm³/mol. The number of carbonyl (C=O) groups is 2. The van der Waals surface area contributed by atoms with Crippen molar-refractivity contribution in [2.45, 2.75) is 26.8 Å². The molecule has 0 heterocycles. The summed E-state index contributed by atoms with van der Waals surface area (Å²) in [6.45, 7) is 5.68. The zero-order chi connectivity index (χ0) is 17.7. The summed E-state index contributed by atoms with van der Waals surface area (Å²) in [6, 6.07) is 12.2. The zero-order valence-corrected chi connectivity index (χ0v) is 14.3. The largest absolute Gasteiger partial charge is 0.496 e. The van der Waals surface area contributed by atoms with Crippen LogP contribution in [-0.4, -0.2) is 25.0 Å². The van der Waals surface area contributed by atoms with E-state index in [9.17, 15) is 9.59 Å². The van der Waals surface area contributed by atoms with Gasteiger partial charge >= 0.3 is 0 Å². The molecule has 0 radical (unpaired) electrons. The number of methoxy groups -OCH3 is 1. The summed E-state index contributed by atoms with van der Waals surface area (Å²) in [5.41, 5.74) is 2.32. The third-order valence-electron chi connectivity index (χ3n) is 3.51. The summed E-state index contributed by atoms with van der Waals surface area (Å²) in [5.74, 6) is 0.133. The fourth-order valence-electron chi connectivity index (χ4n) is 2.29. The predicted octanol–water partition coefficient (Wildman–Crippen LogP) is 3.39. The maximum Gasteiger partial charge on any atom is 0.255 e. The highest BCUT2D eigenvalue weighted by Gasteiger charge is 2.15. The summed E-state index contributed by atoms with van der Waals surface area (Å²) in [4.78, 5) is 24.7. The van der Waals surface area contributed by atoms with Crippen LogP contribution in [0.2, 0.25) is 0 Å². The van der Waals surface area contributed by atoms with Gasteiger partial charge in [-0.05, 0) is 50.6 Å². The molecule has 0 atom stereocenters. The fourth-order valence-corrected chi connectivity index (χ4v) is 2.29. The second kappa shape index (κ2) is 7.64. The van der Waals surface area contributed by atoms with Gasteiger partial charge in [0, 0.05) is 11.6 Å². The Bertz CT molecular complexity index is 754. The van der Waals surface area contributed by atoms with E-state index in [4.69, 9.17) is 4.74 Å². The Hall–Kier alpha value is -2.82. The number of nitrogens with one attached hydrogen (secondary N) is 2. The number of carbonyl (C=O) groups excluding carboxylic acids is 2. The zero-order valence-electron chi connectivity index (χ0n) is 14.3. The topological polar surface area (TPSA) is 67.4 Å². The van der Waals surface area contributed by atoms with Gasteiger partial charge in [0.2, 0.25) is 0 Å². The molecule has 5 nitrogen and oxygen atoms in total. The first-order chi connectivity index (χ1) is 11.4. The maximum absolute atomic E-state index is 12.5. The number of amides is 2. The lowest BCUT2D eigenvalue weighted by molar-refractivity contribution is 0.0944. The van der Waals surface area contributed by atoms with E-state index in [-0.39, 0.29) is 17.9 Å². The molecule has 2 aromatic rings. The Labute approximate surface area is 142 Å². The quantitative estimate of drug-likeness (QED) is 0.885. The molecule has 2 N–H and O–H groups in total. The molecule has 0 bridgehead atoms. The average Bonchev–Trinajstić information content (AvgIpc) is 2.55. The van der Waals surface area contributed by atoms with Crippen molar-refractivity contribution in [1.82, 2.24) is 5.32 Å². The molecule has 24 heavy (non-hydrogen) atoms. The molecule has 0 aromatic heterocycles. The highest BCUT2D eigenvalue weighted by Crippen LogP contribution is 2.21. The van der Waals surface area contributed by atoms with Crippen LogP contribution < -0.4 is 15.4 Å². The highest BCUT2D eigenvalue weighted by molar-refractivity contribution is 6.09. The van der Waals surface area contributed by atoms with Crippen molar-refractivity contribution < 1.29 is 14.3 Å². The van der Waals surface area contributed by atoms with Crippen molar-refractivity contribution in [1.29, 1.82) is 0 Å². The van der Waals surface area contributed by atoms with Crippen LogP contribution in [0.15, 0.2) is 42.5 Å². The van der Waals surface area contributed by atoms with Crippen molar-refractivity contribution in [2.24, 2.45) is 0 Å². The van der Waals surface area contributed by atoms with Crippen LogP contribution in [0.25, 0.3) is 0 Å². The molecule has 0 spiro atoms. The monoisotopic (exact) mass is 326 g/mol. The molecule has 126 valence electrons. The Morgan fingerprint density at radius 1 is 1.04 bits per heavy atom. The minimum atomic E-state index is -0.293. The summed E-state index contributed by atoms with van der Waals surface area (Å²) >= 11 is 0. The Morgan fingerprint density at radius 2 is 1.75 bits per heavy atom. The molecule has 0 saturated carbocycles. The van der Waals surface area contributed by atoms with Crippen molar-refractivity contribution >= 4 is 17.5 Å². The molecule has 2 rings (SSSR count). The van der Waals surface area contributed by atoms with Gasteiger partial charge in [-0.1, -0.05) is 18.2 Å². The summed E-state index contributed by atoms with van der Waals surface area (Å²) < 4.78 is 5.25. The van der Waals surface area contributed by atoms with Gasteiger partial charge in [-0.15, -0.1) is 0 Å².